The number of nitrogens with zero attached hydrogens (tertiary/aromatic N) is 1. The largest absolute Gasteiger partial charge is 0.483 e. The predicted molar refractivity (Wildman–Crippen MR) is 132 cm³/mol. The standard InChI is InChI=1S/C27H31NO4S/c1-19(2)24-12-11-20(3)15-26(24)32-17-27(29)28(23-13-14-33(30,31)18-23)16-22-9-6-8-21-7-4-5-10-25(21)22/h4-12,15,19,23H,13-14,16-18H2,1-3H3/t23-/m0/s1. The molecule has 1 atom stereocenters. The monoisotopic (exact) mass is 465 g/mol. The first-order valence-electron chi connectivity index (χ1n) is 11.4. The molecule has 1 heterocycles. The molecule has 3 aromatic rings. The summed E-state index contributed by atoms with van der Waals surface area (Å²) in [7, 11) is -3.13. The molecule has 4 rings (SSSR count). The minimum atomic E-state index is -3.13. The van der Waals surface area contributed by atoms with Gasteiger partial charge in [0.25, 0.3) is 5.91 Å². The Balaban J connectivity index is 1.60. The van der Waals surface area contributed by atoms with Crippen LogP contribution < -0.4 is 4.74 Å². The van der Waals surface area contributed by atoms with Gasteiger partial charge < -0.3 is 9.64 Å². The number of carbonyl (C=O) groups is 1. The molecule has 1 aliphatic rings. The predicted octanol–water partition coefficient (Wildman–Crippen LogP) is 4.87. The van der Waals surface area contributed by atoms with E-state index in [-0.39, 0.29) is 36.0 Å². The van der Waals surface area contributed by atoms with Gasteiger partial charge in [-0.1, -0.05) is 68.4 Å². The Kier molecular flexibility index (Phi) is 6.75. The quantitative estimate of drug-likeness (QED) is 0.500. The summed E-state index contributed by atoms with van der Waals surface area (Å²) in [6, 6.07) is 19.8. The van der Waals surface area contributed by atoms with Crippen molar-refractivity contribution < 1.29 is 17.9 Å². The van der Waals surface area contributed by atoms with Crippen molar-refractivity contribution in [3.63, 3.8) is 0 Å². The number of sulfone groups is 1. The van der Waals surface area contributed by atoms with Crippen molar-refractivity contribution in [3.8, 4) is 5.75 Å². The normalized spacial score (nSPS) is 17.4. The molecule has 3 aromatic carbocycles. The van der Waals surface area contributed by atoms with Gasteiger partial charge in [0.2, 0.25) is 0 Å². The second kappa shape index (κ2) is 9.56. The Morgan fingerprint density at radius 3 is 2.58 bits per heavy atom. The number of carbonyl (C=O) groups excluding carboxylic acids is 1. The van der Waals surface area contributed by atoms with Crippen LogP contribution in [0.25, 0.3) is 10.8 Å². The fourth-order valence-corrected chi connectivity index (χ4v) is 6.25. The fraction of sp³-hybridized carbons (Fsp3) is 0.370. The first kappa shape index (κ1) is 23.3. The van der Waals surface area contributed by atoms with E-state index in [4.69, 9.17) is 4.74 Å². The zero-order valence-corrected chi connectivity index (χ0v) is 20.3. The highest BCUT2D eigenvalue weighted by atomic mass is 32.2. The molecule has 0 unspecified atom stereocenters. The van der Waals surface area contributed by atoms with Crippen molar-refractivity contribution in [2.24, 2.45) is 0 Å². The molecule has 1 aliphatic heterocycles. The topological polar surface area (TPSA) is 63.7 Å². The van der Waals surface area contributed by atoms with Crippen molar-refractivity contribution in [2.75, 3.05) is 18.1 Å². The van der Waals surface area contributed by atoms with Gasteiger partial charge in [-0.15, -0.1) is 0 Å². The maximum Gasteiger partial charge on any atom is 0.261 e. The van der Waals surface area contributed by atoms with Crippen LogP contribution in [0, 0.1) is 6.92 Å². The zero-order valence-electron chi connectivity index (χ0n) is 19.5. The molecule has 0 radical (unpaired) electrons. The van der Waals surface area contributed by atoms with Gasteiger partial charge >= 0.3 is 0 Å². The first-order valence-corrected chi connectivity index (χ1v) is 13.3. The SMILES string of the molecule is Cc1ccc(C(C)C)c(OCC(=O)N(Cc2cccc3ccccc23)[C@H]2CCS(=O)(=O)C2)c1. The van der Waals surface area contributed by atoms with Gasteiger partial charge in [-0.3, -0.25) is 4.79 Å². The molecule has 0 bridgehead atoms. The zero-order chi connectivity index (χ0) is 23.6. The third-order valence-electron chi connectivity index (χ3n) is 6.33. The molecule has 0 saturated carbocycles. The Hall–Kier alpha value is -2.86. The summed E-state index contributed by atoms with van der Waals surface area (Å²) >= 11 is 0. The van der Waals surface area contributed by atoms with Crippen LogP contribution in [0.1, 0.15) is 42.9 Å². The maximum atomic E-state index is 13.4. The summed E-state index contributed by atoms with van der Waals surface area (Å²) in [5, 5.41) is 2.17. The summed E-state index contributed by atoms with van der Waals surface area (Å²) in [6.07, 6.45) is 0.459. The number of ether oxygens (including phenoxy) is 1. The number of benzene rings is 3. The molecule has 6 heteroatoms. The lowest BCUT2D eigenvalue weighted by atomic mass is 10.0. The van der Waals surface area contributed by atoms with Crippen LogP contribution in [0.4, 0.5) is 0 Å². The lowest BCUT2D eigenvalue weighted by molar-refractivity contribution is -0.136. The Labute approximate surface area is 196 Å². The van der Waals surface area contributed by atoms with Crippen LogP contribution in [0.5, 0.6) is 5.75 Å². The van der Waals surface area contributed by atoms with Crippen molar-refractivity contribution >= 4 is 26.5 Å². The van der Waals surface area contributed by atoms with Crippen molar-refractivity contribution in [2.45, 2.75) is 45.7 Å². The van der Waals surface area contributed by atoms with E-state index in [1.54, 1.807) is 4.90 Å². The molecule has 1 amide bonds. The Morgan fingerprint density at radius 1 is 1.09 bits per heavy atom. The van der Waals surface area contributed by atoms with Crippen LogP contribution >= 0.6 is 0 Å². The van der Waals surface area contributed by atoms with Gasteiger partial charge in [-0.2, -0.15) is 0 Å². The van der Waals surface area contributed by atoms with E-state index in [0.717, 1.165) is 27.5 Å². The van der Waals surface area contributed by atoms with Crippen LogP contribution in [-0.2, 0) is 21.2 Å². The Bertz CT molecular complexity index is 1260. The number of hydrogen-bond acceptors (Lipinski definition) is 4. The third kappa shape index (κ3) is 5.38. The molecular formula is C27H31NO4S. The molecular weight excluding hydrogens is 434 g/mol. The van der Waals surface area contributed by atoms with Gasteiger partial charge in [0.15, 0.2) is 16.4 Å². The van der Waals surface area contributed by atoms with Gasteiger partial charge in [0.05, 0.1) is 11.5 Å². The highest BCUT2D eigenvalue weighted by Crippen LogP contribution is 2.28. The molecule has 5 nitrogen and oxygen atoms in total. The van der Waals surface area contributed by atoms with Crippen molar-refractivity contribution in [1.82, 2.24) is 4.90 Å². The van der Waals surface area contributed by atoms with E-state index in [1.807, 2.05) is 67.6 Å². The first-order chi connectivity index (χ1) is 15.7. The van der Waals surface area contributed by atoms with E-state index in [2.05, 4.69) is 13.8 Å². The van der Waals surface area contributed by atoms with Crippen LogP contribution in [0.2, 0.25) is 0 Å². The Morgan fingerprint density at radius 2 is 1.85 bits per heavy atom. The van der Waals surface area contributed by atoms with Crippen molar-refractivity contribution in [3.05, 3.63) is 77.4 Å². The summed E-state index contributed by atoms with van der Waals surface area (Å²) in [5.41, 5.74) is 3.12. The van der Waals surface area contributed by atoms with Gasteiger partial charge in [-0.25, -0.2) is 8.42 Å². The van der Waals surface area contributed by atoms with E-state index in [1.165, 1.54) is 0 Å². The van der Waals surface area contributed by atoms with Gasteiger partial charge in [-0.05, 0) is 52.8 Å². The van der Waals surface area contributed by atoms with Crippen LogP contribution in [-0.4, -0.2) is 43.4 Å². The second-order valence-corrected chi connectivity index (χ2v) is 11.4. The van der Waals surface area contributed by atoms with Crippen LogP contribution in [0.3, 0.4) is 0 Å². The third-order valence-corrected chi connectivity index (χ3v) is 8.08. The van der Waals surface area contributed by atoms with E-state index < -0.39 is 9.84 Å². The van der Waals surface area contributed by atoms with Crippen LogP contribution in [0.15, 0.2) is 60.7 Å². The van der Waals surface area contributed by atoms with E-state index in [0.29, 0.717) is 18.7 Å². The number of fused-ring (bicyclic) bond motifs is 1. The summed E-state index contributed by atoms with van der Waals surface area (Å²) in [4.78, 5) is 15.1. The molecule has 0 N–H and O–H groups in total. The number of amides is 1. The molecule has 0 aromatic heterocycles. The minimum Gasteiger partial charge on any atom is -0.483 e. The average Bonchev–Trinajstić information content (AvgIpc) is 3.15. The smallest absolute Gasteiger partial charge is 0.261 e. The van der Waals surface area contributed by atoms with Crippen molar-refractivity contribution in [1.29, 1.82) is 0 Å². The molecule has 1 fully saturated rings. The fourth-order valence-electron chi connectivity index (χ4n) is 4.52. The van der Waals surface area contributed by atoms with Gasteiger partial charge in [0.1, 0.15) is 5.75 Å². The maximum absolute atomic E-state index is 13.4. The second-order valence-electron chi connectivity index (χ2n) is 9.20. The van der Waals surface area contributed by atoms with E-state index >= 15 is 0 Å². The summed E-state index contributed by atoms with van der Waals surface area (Å²) < 4.78 is 30.4. The molecule has 1 saturated heterocycles. The highest BCUT2D eigenvalue weighted by Gasteiger charge is 2.35. The lowest BCUT2D eigenvalue weighted by Crippen LogP contribution is -2.43. The number of hydrogen-bond donors (Lipinski definition) is 0. The molecule has 0 spiro atoms. The summed E-state index contributed by atoms with van der Waals surface area (Å²) in [5.74, 6) is 0.907. The molecule has 0 aliphatic carbocycles. The van der Waals surface area contributed by atoms with E-state index in [9.17, 15) is 13.2 Å². The van der Waals surface area contributed by atoms with Gasteiger partial charge in [0, 0.05) is 12.6 Å². The minimum absolute atomic E-state index is 0.00515. The molecule has 174 valence electrons. The number of rotatable bonds is 7. The lowest BCUT2D eigenvalue weighted by Gasteiger charge is -2.29. The highest BCUT2D eigenvalue weighted by molar-refractivity contribution is 7.91. The molecule has 33 heavy (non-hydrogen) atoms. The number of aryl methyl sites for hydroxylation is 1. The summed E-state index contributed by atoms with van der Waals surface area (Å²) in [6.45, 7) is 6.42. The average molecular weight is 466 g/mol.